The fourth-order valence-electron chi connectivity index (χ4n) is 4.40. The minimum atomic E-state index is -0.421. The monoisotopic (exact) mass is 468 g/mol. The van der Waals surface area contributed by atoms with Crippen LogP contribution in [0.3, 0.4) is 0 Å². The number of anilines is 2. The second kappa shape index (κ2) is 9.47. The van der Waals surface area contributed by atoms with Crippen LogP contribution >= 0.6 is 0 Å². The molecular formula is C26H24N6O3. The van der Waals surface area contributed by atoms with Crippen LogP contribution < -0.4 is 10.6 Å². The molecule has 1 saturated heterocycles. The molecule has 9 nitrogen and oxygen atoms in total. The molecule has 0 atom stereocenters. The normalized spacial score (nSPS) is 14.2. The summed E-state index contributed by atoms with van der Waals surface area (Å²) < 4.78 is 0. The Bertz CT molecular complexity index is 1400. The van der Waals surface area contributed by atoms with Gasteiger partial charge < -0.3 is 10.6 Å². The lowest BCUT2D eigenvalue weighted by molar-refractivity contribution is -0.384. The average molecular weight is 469 g/mol. The number of fused-ring (bicyclic) bond motifs is 1. The highest BCUT2D eigenvalue weighted by Crippen LogP contribution is 2.31. The van der Waals surface area contributed by atoms with Gasteiger partial charge in [0.25, 0.3) is 5.69 Å². The van der Waals surface area contributed by atoms with Crippen molar-refractivity contribution in [3.05, 3.63) is 99.9 Å². The second-order valence-electron chi connectivity index (χ2n) is 8.46. The number of aromatic nitrogens is 2. The van der Waals surface area contributed by atoms with Crippen LogP contribution in [-0.2, 0) is 6.54 Å². The number of ketones is 1. The number of rotatable bonds is 6. The molecule has 0 unspecified atom stereocenters. The summed E-state index contributed by atoms with van der Waals surface area (Å²) in [5.74, 6) is 0.883. The molecule has 1 aliphatic heterocycles. The van der Waals surface area contributed by atoms with Crippen molar-refractivity contribution in [1.82, 2.24) is 14.9 Å². The van der Waals surface area contributed by atoms with E-state index in [2.05, 4.69) is 14.9 Å². The van der Waals surface area contributed by atoms with E-state index in [0.29, 0.717) is 61.2 Å². The van der Waals surface area contributed by atoms with E-state index >= 15 is 0 Å². The predicted octanol–water partition coefficient (Wildman–Crippen LogP) is 3.67. The summed E-state index contributed by atoms with van der Waals surface area (Å²) in [6.45, 7) is 3.15. The van der Waals surface area contributed by atoms with Gasteiger partial charge in [-0.2, -0.15) is 0 Å². The van der Waals surface area contributed by atoms with E-state index in [9.17, 15) is 14.9 Å². The summed E-state index contributed by atoms with van der Waals surface area (Å²) in [7, 11) is 0. The largest absolute Gasteiger partial charge is 0.383 e. The molecule has 2 N–H and O–H groups in total. The molecule has 1 aliphatic rings. The summed E-state index contributed by atoms with van der Waals surface area (Å²) in [6, 6.07) is 21.1. The number of para-hydroxylation sites is 1. The van der Waals surface area contributed by atoms with Crippen molar-refractivity contribution in [2.75, 3.05) is 36.8 Å². The first-order chi connectivity index (χ1) is 17.0. The third kappa shape index (κ3) is 4.67. The zero-order valence-electron chi connectivity index (χ0n) is 19.0. The van der Waals surface area contributed by atoms with Crippen LogP contribution in [0.4, 0.5) is 17.2 Å². The zero-order valence-corrected chi connectivity index (χ0v) is 19.0. The number of carbonyl (C=O) groups is 1. The molecule has 0 bridgehead atoms. The van der Waals surface area contributed by atoms with E-state index in [-0.39, 0.29) is 11.5 Å². The summed E-state index contributed by atoms with van der Waals surface area (Å²) in [6.07, 6.45) is 0. The van der Waals surface area contributed by atoms with Gasteiger partial charge in [-0.25, -0.2) is 9.97 Å². The van der Waals surface area contributed by atoms with Crippen LogP contribution in [0.25, 0.3) is 10.9 Å². The Balaban J connectivity index is 1.30. The first-order valence-electron chi connectivity index (χ1n) is 11.4. The first-order valence-corrected chi connectivity index (χ1v) is 11.4. The maximum atomic E-state index is 12.8. The summed E-state index contributed by atoms with van der Waals surface area (Å²) in [5, 5.41) is 12.7. The fraction of sp³-hybridized carbons (Fsp3) is 0.192. The number of benzene rings is 3. The highest BCUT2D eigenvalue weighted by molar-refractivity contribution is 6.09. The average Bonchev–Trinajstić information content (AvgIpc) is 2.89. The molecule has 0 aliphatic carbocycles. The lowest BCUT2D eigenvalue weighted by Gasteiger charge is -2.35. The molecule has 0 radical (unpaired) electrons. The predicted molar refractivity (Wildman–Crippen MR) is 134 cm³/mol. The molecule has 0 saturated carbocycles. The number of piperazine rings is 1. The highest BCUT2D eigenvalue weighted by atomic mass is 16.6. The molecule has 35 heavy (non-hydrogen) atoms. The molecule has 3 aromatic carbocycles. The molecule has 1 aromatic heterocycles. The van der Waals surface area contributed by atoms with E-state index in [4.69, 9.17) is 5.73 Å². The maximum Gasteiger partial charge on any atom is 0.293 e. The number of nitro groups is 1. The van der Waals surface area contributed by atoms with Crippen molar-refractivity contribution in [3.63, 3.8) is 0 Å². The van der Waals surface area contributed by atoms with Crippen LogP contribution in [0.1, 0.15) is 21.7 Å². The van der Waals surface area contributed by atoms with Crippen molar-refractivity contribution < 1.29 is 9.72 Å². The second-order valence-corrected chi connectivity index (χ2v) is 8.46. The molecule has 4 aromatic rings. The number of hydrogen-bond donors (Lipinski definition) is 1. The third-order valence-electron chi connectivity index (χ3n) is 6.23. The smallest absolute Gasteiger partial charge is 0.293 e. The Kier molecular flexibility index (Phi) is 6.07. The van der Waals surface area contributed by atoms with Crippen molar-refractivity contribution in [3.8, 4) is 0 Å². The lowest BCUT2D eigenvalue weighted by atomic mass is 10.0. The van der Waals surface area contributed by atoms with Gasteiger partial charge in [0.1, 0.15) is 17.3 Å². The van der Waals surface area contributed by atoms with Crippen molar-refractivity contribution in [2.45, 2.75) is 6.54 Å². The molecule has 9 heteroatoms. The van der Waals surface area contributed by atoms with Gasteiger partial charge in [0.15, 0.2) is 5.78 Å². The molecule has 1 fully saturated rings. The number of hydrogen-bond acceptors (Lipinski definition) is 8. The van der Waals surface area contributed by atoms with Gasteiger partial charge in [-0.1, -0.05) is 42.5 Å². The lowest BCUT2D eigenvalue weighted by Crippen LogP contribution is -2.46. The quantitative estimate of drug-likeness (QED) is 0.259. The zero-order chi connectivity index (χ0) is 24.4. The summed E-state index contributed by atoms with van der Waals surface area (Å²) in [4.78, 5) is 37.5. The van der Waals surface area contributed by atoms with Crippen molar-refractivity contribution in [2.24, 2.45) is 0 Å². The van der Waals surface area contributed by atoms with E-state index in [0.717, 1.165) is 10.9 Å². The molecule has 0 spiro atoms. The van der Waals surface area contributed by atoms with Crippen LogP contribution in [0.5, 0.6) is 0 Å². The van der Waals surface area contributed by atoms with Gasteiger partial charge in [-0.15, -0.1) is 0 Å². The van der Waals surface area contributed by atoms with E-state index in [1.54, 1.807) is 36.4 Å². The van der Waals surface area contributed by atoms with Crippen LogP contribution in [0.2, 0.25) is 0 Å². The summed E-state index contributed by atoms with van der Waals surface area (Å²) in [5.41, 5.74) is 8.18. The van der Waals surface area contributed by atoms with Gasteiger partial charge in [0, 0.05) is 48.8 Å². The molecular weight excluding hydrogens is 444 g/mol. The topological polar surface area (TPSA) is 118 Å². The maximum absolute atomic E-state index is 12.8. The van der Waals surface area contributed by atoms with E-state index in [1.807, 2.05) is 35.2 Å². The number of nitro benzene ring substituents is 1. The van der Waals surface area contributed by atoms with E-state index < -0.39 is 4.92 Å². The van der Waals surface area contributed by atoms with Gasteiger partial charge >= 0.3 is 0 Å². The number of nitrogens with zero attached hydrogens (tertiary/aromatic N) is 5. The Hall–Kier alpha value is -4.37. The number of carbonyl (C=O) groups excluding carboxylic acids is 1. The number of nitrogen functional groups attached to an aromatic ring is 1. The standard InChI is InChI=1S/C26H24N6O3/c27-26-20-8-4-5-9-21(20)28-24(29-26)17-30-12-14-31(15-13-30)22-11-10-19(16-23(22)32(34)35)25(33)18-6-2-1-3-7-18/h1-11,16H,12-15,17H2,(H2,27,28,29). The number of nitrogens with two attached hydrogens (primary N) is 1. The highest BCUT2D eigenvalue weighted by Gasteiger charge is 2.26. The molecule has 5 rings (SSSR count). The molecule has 0 amide bonds. The van der Waals surface area contributed by atoms with Gasteiger partial charge in [-0.3, -0.25) is 19.8 Å². The van der Waals surface area contributed by atoms with Gasteiger partial charge in [-0.05, 0) is 24.3 Å². The minimum absolute atomic E-state index is 0.0640. The molecule has 2 heterocycles. The first kappa shape index (κ1) is 22.4. The fourth-order valence-corrected chi connectivity index (χ4v) is 4.40. The molecule has 176 valence electrons. The Morgan fingerprint density at radius 2 is 1.63 bits per heavy atom. The Morgan fingerprint density at radius 3 is 2.37 bits per heavy atom. The van der Waals surface area contributed by atoms with Crippen LogP contribution in [0, 0.1) is 10.1 Å². The Morgan fingerprint density at radius 1 is 0.914 bits per heavy atom. The van der Waals surface area contributed by atoms with Crippen LogP contribution in [-0.4, -0.2) is 51.8 Å². The third-order valence-corrected chi connectivity index (χ3v) is 6.23. The summed E-state index contributed by atoms with van der Waals surface area (Å²) >= 11 is 0. The SMILES string of the molecule is Nc1nc(CN2CCN(c3ccc(C(=O)c4ccccc4)cc3[N+](=O)[O-])CC2)nc2ccccc12. The Labute approximate surface area is 202 Å². The minimum Gasteiger partial charge on any atom is -0.383 e. The van der Waals surface area contributed by atoms with Gasteiger partial charge in [0.05, 0.1) is 17.0 Å². The van der Waals surface area contributed by atoms with E-state index in [1.165, 1.54) is 6.07 Å². The van der Waals surface area contributed by atoms with Crippen LogP contribution in [0.15, 0.2) is 72.8 Å². The van der Waals surface area contributed by atoms with Gasteiger partial charge in [0.2, 0.25) is 0 Å². The van der Waals surface area contributed by atoms with Crippen molar-refractivity contribution in [1.29, 1.82) is 0 Å². The van der Waals surface area contributed by atoms with Crippen molar-refractivity contribution >= 4 is 33.9 Å².